The Labute approximate surface area is 141 Å². The van der Waals surface area contributed by atoms with Gasteiger partial charge in [-0.15, -0.1) is 0 Å². The standard InChI is InChI=1S/C17H26BrFN2O/c1-13(21-20-10-4-2-3-9-18)15-7-8-16(19)17(11-15)22-12-14-5-6-14/h7-8,11,13-14,20-21H,2-6,9-10,12H2,1H3. The van der Waals surface area contributed by atoms with Gasteiger partial charge in [0, 0.05) is 17.9 Å². The second kappa shape index (κ2) is 9.48. The molecule has 1 saturated carbocycles. The summed E-state index contributed by atoms with van der Waals surface area (Å²) in [7, 11) is 0. The van der Waals surface area contributed by atoms with E-state index in [1.807, 2.05) is 12.1 Å². The number of benzene rings is 1. The van der Waals surface area contributed by atoms with Crippen LogP contribution in [0.15, 0.2) is 18.2 Å². The van der Waals surface area contributed by atoms with Gasteiger partial charge in [0.25, 0.3) is 0 Å². The third kappa shape index (κ3) is 6.23. The van der Waals surface area contributed by atoms with Crippen LogP contribution in [0.1, 0.15) is 50.6 Å². The molecule has 5 heteroatoms. The molecule has 124 valence electrons. The molecule has 0 amide bonds. The molecule has 0 spiro atoms. The molecule has 0 aliphatic heterocycles. The summed E-state index contributed by atoms with van der Waals surface area (Å²) in [5.74, 6) is 0.717. The van der Waals surface area contributed by atoms with Gasteiger partial charge in [-0.05, 0) is 56.2 Å². The summed E-state index contributed by atoms with van der Waals surface area (Å²) in [6, 6.07) is 5.22. The molecule has 1 aromatic rings. The lowest BCUT2D eigenvalue weighted by Crippen LogP contribution is -2.34. The van der Waals surface area contributed by atoms with E-state index in [0.29, 0.717) is 18.3 Å². The van der Waals surface area contributed by atoms with E-state index in [1.165, 1.54) is 31.7 Å². The number of halogens is 2. The van der Waals surface area contributed by atoms with Crippen molar-refractivity contribution in [1.29, 1.82) is 0 Å². The molecule has 1 aromatic carbocycles. The Hall–Kier alpha value is -0.650. The zero-order valence-corrected chi connectivity index (χ0v) is 14.8. The first-order valence-corrected chi connectivity index (χ1v) is 9.29. The molecule has 1 atom stereocenters. The Bertz CT molecular complexity index is 454. The molecule has 1 unspecified atom stereocenters. The molecule has 1 aliphatic rings. The maximum absolute atomic E-state index is 13.8. The topological polar surface area (TPSA) is 33.3 Å². The van der Waals surface area contributed by atoms with Crippen LogP contribution in [0.4, 0.5) is 4.39 Å². The lowest BCUT2D eigenvalue weighted by atomic mass is 10.1. The fourth-order valence-electron chi connectivity index (χ4n) is 2.19. The van der Waals surface area contributed by atoms with Gasteiger partial charge in [0.2, 0.25) is 0 Å². The van der Waals surface area contributed by atoms with E-state index >= 15 is 0 Å². The van der Waals surface area contributed by atoms with Gasteiger partial charge in [-0.1, -0.05) is 28.4 Å². The zero-order chi connectivity index (χ0) is 15.8. The number of nitrogens with one attached hydrogen (secondary N) is 2. The molecule has 1 aliphatic carbocycles. The Morgan fingerprint density at radius 2 is 2.14 bits per heavy atom. The molecule has 0 bridgehead atoms. The van der Waals surface area contributed by atoms with E-state index in [4.69, 9.17) is 4.74 Å². The van der Waals surface area contributed by atoms with E-state index < -0.39 is 0 Å². The predicted molar refractivity (Wildman–Crippen MR) is 91.8 cm³/mol. The van der Waals surface area contributed by atoms with Gasteiger partial charge in [0.05, 0.1) is 6.61 Å². The van der Waals surface area contributed by atoms with Crippen LogP contribution in [0.2, 0.25) is 0 Å². The number of unbranched alkanes of at least 4 members (excludes halogenated alkanes) is 2. The van der Waals surface area contributed by atoms with E-state index in [-0.39, 0.29) is 11.9 Å². The highest BCUT2D eigenvalue weighted by molar-refractivity contribution is 9.09. The number of alkyl halides is 1. The van der Waals surface area contributed by atoms with Gasteiger partial charge in [-0.3, -0.25) is 10.9 Å². The summed E-state index contributed by atoms with van der Waals surface area (Å²) >= 11 is 3.43. The first kappa shape index (κ1) is 17.7. The van der Waals surface area contributed by atoms with Crippen molar-refractivity contribution < 1.29 is 9.13 Å². The van der Waals surface area contributed by atoms with Crippen molar-refractivity contribution in [2.24, 2.45) is 5.92 Å². The van der Waals surface area contributed by atoms with Crippen molar-refractivity contribution in [2.75, 3.05) is 18.5 Å². The minimum Gasteiger partial charge on any atom is -0.490 e. The normalized spacial score (nSPS) is 15.8. The summed E-state index contributed by atoms with van der Waals surface area (Å²) in [5, 5.41) is 1.07. The highest BCUT2D eigenvalue weighted by atomic mass is 79.9. The van der Waals surface area contributed by atoms with Crippen LogP contribution in [0, 0.1) is 11.7 Å². The molecule has 0 heterocycles. The van der Waals surface area contributed by atoms with Crippen LogP contribution in [-0.4, -0.2) is 18.5 Å². The fourth-order valence-corrected chi connectivity index (χ4v) is 2.58. The second-order valence-corrected chi connectivity index (χ2v) is 6.78. The maximum atomic E-state index is 13.8. The van der Waals surface area contributed by atoms with Crippen molar-refractivity contribution in [2.45, 2.75) is 45.1 Å². The zero-order valence-electron chi connectivity index (χ0n) is 13.2. The average molecular weight is 373 g/mol. The van der Waals surface area contributed by atoms with Crippen molar-refractivity contribution in [3.8, 4) is 5.75 Å². The van der Waals surface area contributed by atoms with Crippen molar-refractivity contribution in [1.82, 2.24) is 10.9 Å². The quantitative estimate of drug-likeness (QED) is 0.344. The van der Waals surface area contributed by atoms with E-state index in [1.54, 1.807) is 0 Å². The molecular formula is C17H26BrFN2O. The van der Waals surface area contributed by atoms with Crippen LogP contribution in [0.25, 0.3) is 0 Å². The SMILES string of the molecule is CC(NNCCCCCBr)c1ccc(F)c(OCC2CC2)c1. The summed E-state index contributed by atoms with van der Waals surface area (Å²) in [6.45, 7) is 3.63. The molecule has 22 heavy (non-hydrogen) atoms. The van der Waals surface area contributed by atoms with Crippen LogP contribution in [0.3, 0.4) is 0 Å². The smallest absolute Gasteiger partial charge is 0.165 e. The monoisotopic (exact) mass is 372 g/mol. The van der Waals surface area contributed by atoms with Crippen LogP contribution < -0.4 is 15.6 Å². The Balaban J connectivity index is 1.75. The first-order chi connectivity index (χ1) is 10.7. The van der Waals surface area contributed by atoms with Crippen molar-refractivity contribution >= 4 is 15.9 Å². The van der Waals surface area contributed by atoms with E-state index in [2.05, 4.69) is 33.7 Å². The number of hydrazine groups is 1. The van der Waals surface area contributed by atoms with Gasteiger partial charge >= 0.3 is 0 Å². The van der Waals surface area contributed by atoms with Crippen LogP contribution in [-0.2, 0) is 0 Å². The molecule has 0 radical (unpaired) electrons. The predicted octanol–water partition coefficient (Wildman–Crippen LogP) is 4.33. The van der Waals surface area contributed by atoms with E-state index in [0.717, 1.165) is 23.9 Å². The lowest BCUT2D eigenvalue weighted by molar-refractivity contribution is 0.284. The van der Waals surface area contributed by atoms with E-state index in [9.17, 15) is 4.39 Å². The highest BCUT2D eigenvalue weighted by Crippen LogP contribution is 2.30. The summed E-state index contributed by atoms with van der Waals surface area (Å²) < 4.78 is 19.4. The van der Waals surface area contributed by atoms with Crippen molar-refractivity contribution in [3.05, 3.63) is 29.6 Å². The molecular weight excluding hydrogens is 347 g/mol. The number of ether oxygens (including phenoxy) is 1. The summed E-state index contributed by atoms with van der Waals surface area (Å²) in [5.41, 5.74) is 7.52. The number of rotatable bonds is 11. The molecule has 3 nitrogen and oxygen atoms in total. The first-order valence-electron chi connectivity index (χ1n) is 8.17. The fraction of sp³-hybridized carbons (Fsp3) is 0.647. The minimum absolute atomic E-state index is 0.111. The minimum atomic E-state index is -0.278. The Kier molecular flexibility index (Phi) is 7.63. The van der Waals surface area contributed by atoms with Crippen LogP contribution in [0.5, 0.6) is 5.75 Å². The third-order valence-corrected chi connectivity index (χ3v) is 4.44. The lowest BCUT2D eigenvalue weighted by Gasteiger charge is -2.17. The molecule has 0 saturated heterocycles. The summed E-state index contributed by atoms with van der Waals surface area (Å²) in [4.78, 5) is 0. The Morgan fingerprint density at radius 3 is 2.86 bits per heavy atom. The van der Waals surface area contributed by atoms with Gasteiger partial charge in [-0.25, -0.2) is 4.39 Å². The average Bonchev–Trinajstić information content (AvgIpc) is 3.34. The number of hydrogen-bond donors (Lipinski definition) is 2. The highest BCUT2D eigenvalue weighted by Gasteiger charge is 2.22. The number of hydrogen-bond acceptors (Lipinski definition) is 3. The largest absolute Gasteiger partial charge is 0.490 e. The second-order valence-electron chi connectivity index (χ2n) is 5.99. The molecule has 0 aromatic heterocycles. The Morgan fingerprint density at radius 1 is 1.32 bits per heavy atom. The molecule has 2 rings (SSSR count). The van der Waals surface area contributed by atoms with Crippen LogP contribution >= 0.6 is 15.9 Å². The van der Waals surface area contributed by atoms with Gasteiger partial charge in [-0.2, -0.15) is 0 Å². The van der Waals surface area contributed by atoms with Crippen molar-refractivity contribution in [3.63, 3.8) is 0 Å². The molecule has 2 N–H and O–H groups in total. The van der Waals surface area contributed by atoms with Gasteiger partial charge in [0.1, 0.15) is 0 Å². The maximum Gasteiger partial charge on any atom is 0.165 e. The van der Waals surface area contributed by atoms with Gasteiger partial charge in [0.15, 0.2) is 11.6 Å². The third-order valence-electron chi connectivity index (χ3n) is 3.88. The molecule has 1 fully saturated rings. The summed E-state index contributed by atoms with van der Waals surface area (Å²) in [6.07, 6.45) is 5.97. The van der Waals surface area contributed by atoms with Gasteiger partial charge < -0.3 is 4.74 Å².